The lowest BCUT2D eigenvalue weighted by molar-refractivity contribution is 0.660. The van der Waals surface area contributed by atoms with Gasteiger partial charge in [-0.25, -0.2) is 0 Å². The number of fused-ring (bicyclic) bond motifs is 9. The van der Waals surface area contributed by atoms with Crippen LogP contribution in [0.2, 0.25) is 0 Å². The van der Waals surface area contributed by atoms with Gasteiger partial charge in [0.25, 0.3) is 0 Å². The third kappa shape index (κ3) is 6.01. The van der Waals surface area contributed by atoms with Gasteiger partial charge in [0.2, 0.25) is 0 Å². The van der Waals surface area contributed by atoms with Crippen molar-refractivity contribution >= 4 is 70.4 Å². The zero-order chi connectivity index (χ0) is 43.9. The van der Waals surface area contributed by atoms with Crippen LogP contribution < -0.4 is 4.90 Å². The van der Waals surface area contributed by atoms with Gasteiger partial charge in [-0.05, 0) is 135 Å². The molecule has 0 fully saturated rings. The van der Waals surface area contributed by atoms with E-state index in [1.54, 1.807) is 0 Å². The van der Waals surface area contributed by atoms with Crippen LogP contribution in [-0.4, -0.2) is 4.57 Å². The van der Waals surface area contributed by atoms with E-state index in [9.17, 15) is 0 Å². The second kappa shape index (κ2) is 15.1. The van der Waals surface area contributed by atoms with Crippen LogP contribution in [0, 0.1) is 0 Å². The van der Waals surface area contributed by atoms with Crippen molar-refractivity contribution in [2.45, 2.75) is 19.3 Å². The average molecular weight is 861 g/mol. The Labute approximate surface area is 388 Å². The highest BCUT2D eigenvalue weighted by molar-refractivity contribution is 7.25. The minimum absolute atomic E-state index is 0.177. The maximum Gasteiger partial charge on any atom is 0.0547 e. The molecule has 2 heterocycles. The molecule has 312 valence electrons. The largest absolute Gasteiger partial charge is 0.310 e. The van der Waals surface area contributed by atoms with Crippen molar-refractivity contribution in [3.63, 3.8) is 0 Å². The van der Waals surface area contributed by atoms with E-state index >= 15 is 0 Å². The summed E-state index contributed by atoms with van der Waals surface area (Å²) in [5.41, 5.74) is 19.5. The molecule has 0 amide bonds. The highest BCUT2D eigenvalue weighted by atomic mass is 32.1. The number of hydrogen-bond acceptors (Lipinski definition) is 2. The molecule has 1 aliphatic carbocycles. The fourth-order valence-electron chi connectivity index (χ4n) is 10.8. The van der Waals surface area contributed by atoms with Gasteiger partial charge in [-0.15, -0.1) is 11.3 Å². The predicted molar refractivity (Wildman–Crippen MR) is 282 cm³/mol. The number of nitrogens with zero attached hydrogens (tertiary/aromatic N) is 2. The summed E-state index contributed by atoms with van der Waals surface area (Å²) in [6.07, 6.45) is 0. The van der Waals surface area contributed by atoms with Crippen molar-refractivity contribution in [3.05, 3.63) is 242 Å². The number of hydrogen-bond donors (Lipinski definition) is 0. The first kappa shape index (κ1) is 38.5. The second-order valence-corrected chi connectivity index (χ2v) is 19.2. The van der Waals surface area contributed by atoms with Crippen LogP contribution in [0.5, 0.6) is 0 Å². The van der Waals surface area contributed by atoms with E-state index in [4.69, 9.17) is 0 Å². The normalized spacial score (nSPS) is 12.8. The predicted octanol–water partition coefficient (Wildman–Crippen LogP) is 17.9. The van der Waals surface area contributed by atoms with E-state index in [2.05, 4.69) is 254 Å². The number of rotatable bonds is 7. The molecule has 0 atom stereocenters. The van der Waals surface area contributed by atoms with Gasteiger partial charge in [0.05, 0.1) is 16.7 Å². The van der Waals surface area contributed by atoms with Gasteiger partial charge in [0.15, 0.2) is 0 Å². The van der Waals surface area contributed by atoms with Crippen LogP contribution in [0.1, 0.15) is 25.0 Å². The number of aromatic nitrogens is 1. The second-order valence-electron chi connectivity index (χ2n) is 18.1. The topological polar surface area (TPSA) is 8.17 Å². The van der Waals surface area contributed by atoms with Crippen LogP contribution in [-0.2, 0) is 5.41 Å². The molecule has 0 saturated heterocycles. The molecule has 2 nitrogen and oxygen atoms in total. The van der Waals surface area contributed by atoms with Gasteiger partial charge in [0.1, 0.15) is 0 Å². The smallest absolute Gasteiger partial charge is 0.0547 e. The zero-order valence-corrected chi connectivity index (χ0v) is 37.6. The van der Waals surface area contributed by atoms with Gasteiger partial charge >= 0.3 is 0 Å². The fraction of sp³-hybridized carbons (Fsp3) is 0.0476. The standard InChI is InChI=1S/C63H44N2S/c1-63(2)55-36-31-43(39-53(55)50-35-30-44(40-56(50)63)49-23-15-26-59-62(49)52-22-10-13-25-58(52)65(59)46-18-7-4-8-19-46)48-20-9-12-24-57(48)64(45-16-5-3-6-17-45)47-33-28-41(29-34-47)42-32-37-61-54(38-42)51-21-11-14-27-60(51)66-61/h3-40H,1-2H3. The monoisotopic (exact) mass is 860 g/mol. The van der Waals surface area contributed by atoms with Crippen molar-refractivity contribution in [1.82, 2.24) is 4.57 Å². The van der Waals surface area contributed by atoms with Gasteiger partial charge in [-0.2, -0.15) is 0 Å². The quantitative estimate of drug-likeness (QED) is 0.155. The Morgan fingerprint density at radius 1 is 0.379 bits per heavy atom. The molecule has 0 N–H and O–H groups in total. The molecule has 66 heavy (non-hydrogen) atoms. The molecule has 0 aliphatic heterocycles. The molecule has 13 rings (SSSR count). The number of benzene rings is 10. The molecule has 1 aliphatic rings. The molecule has 10 aromatic carbocycles. The van der Waals surface area contributed by atoms with Crippen molar-refractivity contribution < 1.29 is 0 Å². The van der Waals surface area contributed by atoms with Gasteiger partial charge in [0, 0.05) is 59.0 Å². The maximum atomic E-state index is 2.47. The van der Waals surface area contributed by atoms with E-state index in [1.165, 1.54) is 103 Å². The van der Waals surface area contributed by atoms with E-state index in [-0.39, 0.29) is 5.41 Å². The van der Waals surface area contributed by atoms with Gasteiger partial charge in [-0.1, -0.05) is 159 Å². The highest BCUT2D eigenvalue weighted by Gasteiger charge is 2.36. The lowest BCUT2D eigenvalue weighted by atomic mass is 9.81. The Kier molecular flexibility index (Phi) is 8.78. The molecule has 0 spiro atoms. The van der Waals surface area contributed by atoms with Crippen LogP contribution >= 0.6 is 11.3 Å². The molecule has 3 heteroatoms. The third-order valence-corrected chi connectivity index (χ3v) is 15.2. The Morgan fingerprint density at radius 2 is 1.00 bits per heavy atom. The first-order chi connectivity index (χ1) is 32.5. The summed E-state index contributed by atoms with van der Waals surface area (Å²) in [6.45, 7) is 4.77. The van der Waals surface area contributed by atoms with Crippen molar-refractivity contribution in [2.75, 3.05) is 4.90 Å². The van der Waals surface area contributed by atoms with Crippen LogP contribution in [0.3, 0.4) is 0 Å². The zero-order valence-electron chi connectivity index (χ0n) is 36.7. The van der Waals surface area contributed by atoms with E-state index in [0.717, 1.165) is 17.1 Å². The van der Waals surface area contributed by atoms with Crippen molar-refractivity contribution in [1.29, 1.82) is 0 Å². The Bertz CT molecular complexity index is 3840. The van der Waals surface area contributed by atoms with Crippen molar-refractivity contribution in [2.24, 2.45) is 0 Å². The van der Waals surface area contributed by atoms with Gasteiger partial charge < -0.3 is 9.47 Å². The Hall–Kier alpha value is -7.98. The average Bonchev–Trinajstić information content (AvgIpc) is 3.99. The van der Waals surface area contributed by atoms with Gasteiger partial charge in [-0.3, -0.25) is 0 Å². The molecular formula is C63H44N2S. The summed E-state index contributed by atoms with van der Waals surface area (Å²) in [6, 6.07) is 85.0. The number of thiophene rings is 1. The van der Waals surface area contributed by atoms with E-state index < -0.39 is 0 Å². The number of anilines is 3. The molecule has 2 aromatic heterocycles. The first-order valence-electron chi connectivity index (χ1n) is 22.8. The minimum Gasteiger partial charge on any atom is -0.310 e. The summed E-state index contributed by atoms with van der Waals surface area (Å²) in [5.74, 6) is 0. The van der Waals surface area contributed by atoms with Crippen LogP contribution in [0.4, 0.5) is 17.1 Å². The molecule has 0 saturated carbocycles. The first-order valence-corrected chi connectivity index (χ1v) is 23.6. The molecule has 12 aromatic rings. The molecule has 0 unspecified atom stereocenters. The van der Waals surface area contributed by atoms with Crippen LogP contribution in [0.15, 0.2) is 231 Å². The third-order valence-electron chi connectivity index (χ3n) is 14.0. The van der Waals surface area contributed by atoms with Crippen molar-refractivity contribution in [3.8, 4) is 50.2 Å². The Balaban J connectivity index is 0.894. The fourth-order valence-corrected chi connectivity index (χ4v) is 11.9. The SMILES string of the molecule is CC1(C)c2ccc(-c3ccccc3N(c3ccccc3)c3ccc(-c4ccc5sc6ccccc6c5c4)cc3)cc2-c2ccc(-c3cccc4c3c3ccccc3n4-c3ccccc3)cc21. The van der Waals surface area contributed by atoms with Crippen LogP contribution in [0.25, 0.3) is 92.2 Å². The summed E-state index contributed by atoms with van der Waals surface area (Å²) >= 11 is 1.86. The molecule has 0 radical (unpaired) electrons. The highest BCUT2D eigenvalue weighted by Crippen LogP contribution is 2.52. The molecular weight excluding hydrogens is 817 g/mol. The van der Waals surface area contributed by atoms with E-state index in [1.807, 2.05) is 11.3 Å². The van der Waals surface area contributed by atoms with E-state index in [0.29, 0.717) is 0 Å². The Morgan fingerprint density at radius 3 is 1.85 bits per heavy atom. The lowest BCUT2D eigenvalue weighted by Gasteiger charge is -2.28. The lowest BCUT2D eigenvalue weighted by Crippen LogP contribution is -2.15. The summed E-state index contributed by atoms with van der Waals surface area (Å²) in [7, 11) is 0. The molecule has 0 bridgehead atoms. The summed E-state index contributed by atoms with van der Waals surface area (Å²) in [5, 5.41) is 5.20. The maximum absolute atomic E-state index is 2.47. The number of para-hydroxylation sites is 4. The minimum atomic E-state index is -0.177. The summed E-state index contributed by atoms with van der Waals surface area (Å²) < 4.78 is 5.06. The summed E-state index contributed by atoms with van der Waals surface area (Å²) in [4.78, 5) is 2.40.